The summed E-state index contributed by atoms with van der Waals surface area (Å²) in [6, 6.07) is 5.60. The number of carbonyl (C=O) groups excluding carboxylic acids is 1. The predicted molar refractivity (Wildman–Crippen MR) is 90.9 cm³/mol. The van der Waals surface area contributed by atoms with Crippen molar-refractivity contribution in [3.63, 3.8) is 0 Å². The Hall–Kier alpha value is -1.79. The number of aromatic nitrogens is 2. The minimum atomic E-state index is -0.0163. The van der Waals surface area contributed by atoms with Crippen LogP contribution in [0.5, 0.6) is 0 Å². The number of methoxy groups -OCH3 is 1. The number of carbonyl (C=O) groups is 1. The SMILES string of the molecule is COCCNC(=O)C1CCCN(c2nc3ccc(Cl)cc3[nH]2)C1. The number of ether oxygens (including phenoxy) is 1. The lowest BCUT2D eigenvalue weighted by Gasteiger charge is -2.31. The van der Waals surface area contributed by atoms with E-state index in [0.29, 0.717) is 24.7 Å². The van der Waals surface area contributed by atoms with Crippen LogP contribution in [0.1, 0.15) is 12.8 Å². The van der Waals surface area contributed by atoms with Crippen LogP contribution in [0.15, 0.2) is 18.2 Å². The molecule has 7 heteroatoms. The summed E-state index contributed by atoms with van der Waals surface area (Å²) in [7, 11) is 1.63. The first-order valence-corrected chi connectivity index (χ1v) is 8.22. The Labute approximate surface area is 140 Å². The third-order valence-electron chi connectivity index (χ3n) is 4.13. The number of piperidine rings is 1. The van der Waals surface area contributed by atoms with Gasteiger partial charge in [-0.1, -0.05) is 11.6 Å². The second kappa shape index (κ2) is 7.19. The highest BCUT2D eigenvalue weighted by molar-refractivity contribution is 6.31. The van der Waals surface area contributed by atoms with E-state index in [1.807, 2.05) is 18.2 Å². The number of hydrogen-bond donors (Lipinski definition) is 2. The molecular formula is C16H21ClN4O2. The number of benzene rings is 1. The Morgan fingerprint density at radius 3 is 3.26 bits per heavy atom. The fourth-order valence-corrected chi connectivity index (χ4v) is 3.09. The third kappa shape index (κ3) is 3.76. The molecular weight excluding hydrogens is 316 g/mol. The van der Waals surface area contributed by atoms with Crippen LogP contribution in [0.4, 0.5) is 5.95 Å². The molecule has 1 unspecified atom stereocenters. The van der Waals surface area contributed by atoms with Gasteiger partial charge in [0.05, 0.1) is 23.6 Å². The highest BCUT2D eigenvalue weighted by Crippen LogP contribution is 2.25. The molecule has 1 aromatic carbocycles. The third-order valence-corrected chi connectivity index (χ3v) is 4.36. The number of amides is 1. The van der Waals surface area contributed by atoms with Gasteiger partial charge in [-0.05, 0) is 31.0 Å². The maximum atomic E-state index is 12.2. The van der Waals surface area contributed by atoms with Gasteiger partial charge in [0.25, 0.3) is 0 Å². The van der Waals surface area contributed by atoms with Gasteiger partial charge in [0.2, 0.25) is 11.9 Å². The fraction of sp³-hybridized carbons (Fsp3) is 0.500. The summed E-state index contributed by atoms with van der Waals surface area (Å²) in [5.74, 6) is 0.875. The minimum Gasteiger partial charge on any atom is -0.383 e. The molecule has 3 rings (SSSR count). The van der Waals surface area contributed by atoms with E-state index in [2.05, 4.69) is 20.2 Å². The van der Waals surface area contributed by atoms with E-state index in [0.717, 1.165) is 36.4 Å². The molecule has 0 aliphatic carbocycles. The van der Waals surface area contributed by atoms with Gasteiger partial charge in [-0.15, -0.1) is 0 Å². The maximum Gasteiger partial charge on any atom is 0.224 e. The van der Waals surface area contributed by atoms with E-state index in [1.165, 1.54) is 0 Å². The van der Waals surface area contributed by atoms with Gasteiger partial charge in [0.15, 0.2) is 0 Å². The molecule has 1 atom stereocenters. The first-order chi connectivity index (χ1) is 11.2. The zero-order chi connectivity index (χ0) is 16.2. The summed E-state index contributed by atoms with van der Waals surface area (Å²) in [5.41, 5.74) is 1.80. The summed E-state index contributed by atoms with van der Waals surface area (Å²) in [6.45, 7) is 2.66. The Morgan fingerprint density at radius 1 is 1.57 bits per heavy atom. The van der Waals surface area contributed by atoms with E-state index in [-0.39, 0.29) is 11.8 Å². The molecule has 1 aromatic heterocycles. The monoisotopic (exact) mass is 336 g/mol. The normalized spacial score (nSPS) is 18.3. The van der Waals surface area contributed by atoms with Crippen molar-refractivity contribution in [2.75, 3.05) is 38.3 Å². The zero-order valence-electron chi connectivity index (χ0n) is 13.1. The van der Waals surface area contributed by atoms with Crippen molar-refractivity contribution >= 4 is 34.5 Å². The predicted octanol–water partition coefficient (Wildman–Crippen LogP) is 2.20. The highest BCUT2D eigenvalue weighted by Gasteiger charge is 2.27. The standard InChI is InChI=1S/C16H21ClN4O2/c1-23-8-6-18-15(22)11-3-2-7-21(10-11)16-19-13-5-4-12(17)9-14(13)20-16/h4-5,9,11H,2-3,6-8,10H2,1H3,(H,18,22)(H,19,20). The fourth-order valence-electron chi connectivity index (χ4n) is 2.92. The van der Waals surface area contributed by atoms with Crippen molar-refractivity contribution in [2.24, 2.45) is 5.92 Å². The number of rotatable bonds is 5. The molecule has 2 N–H and O–H groups in total. The van der Waals surface area contributed by atoms with Crippen LogP contribution in [0.3, 0.4) is 0 Å². The number of nitrogens with one attached hydrogen (secondary N) is 2. The van der Waals surface area contributed by atoms with E-state index >= 15 is 0 Å². The largest absolute Gasteiger partial charge is 0.383 e. The molecule has 0 radical (unpaired) electrons. The Balaban J connectivity index is 1.68. The molecule has 0 spiro atoms. The maximum absolute atomic E-state index is 12.2. The second-order valence-corrected chi connectivity index (χ2v) is 6.23. The Kier molecular flexibility index (Phi) is 5.03. The number of nitrogens with zero attached hydrogens (tertiary/aromatic N) is 2. The zero-order valence-corrected chi connectivity index (χ0v) is 13.9. The average molecular weight is 337 g/mol. The van der Waals surface area contributed by atoms with Crippen LogP contribution < -0.4 is 10.2 Å². The van der Waals surface area contributed by atoms with Gasteiger partial charge < -0.3 is 19.9 Å². The molecule has 23 heavy (non-hydrogen) atoms. The van der Waals surface area contributed by atoms with E-state index in [9.17, 15) is 4.79 Å². The topological polar surface area (TPSA) is 70.2 Å². The van der Waals surface area contributed by atoms with E-state index < -0.39 is 0 Å². The van der Waals surface area contributed by atoms with Crippen molar-refractivity contribution < 1.29 is 9.53 Å². The number of anilines is 1. The first-order valence-electron chi connectivity index (χ1n) is 7.84. The minimum absolute atomic E-state index is 0.0163. The lowest BCUT2D eigenvalue weighted by Crippen LogP contribution is -2.44. The summed E-state index contributed by atoms with van der Waals surface area (Å²) in [6.07, 6.45) is 1.88. The van der Waals surface area contributed by atoms with Gasteiger partial charge >= 0.3 is 0 Å². The number of imidazole rings is 1. The summed E-state index contributed by atoms with van der Waals surface area (Å²) in [4.78, 5) is 22.3. The van der Waals surface area contributed by atoms with Crippen LogP contribution in [0, 0.1) is 5.92 Å². The van der Waals surface area contributed by atoms with Crippen LogP contribution in [-0.4, -0.2) is 49.2 Å². The van der Waals surface area contributed by atoms with Crippen molar-refractivity contribution in [3.8, 4) is 0 Å². The lowest BCUT2D eigenvalue weighted by atomic mass is 9.97. The molecule has 6 nitrogen and oxygen atoms in total. The molecule has 124 valence electrons. The van der Waals surface area contributed by atoms with Crippen molar-refractivity contribution in [2.45, 2.75) is 12.8 Å². The van der Waals surface area contributed by atoms with Gasteiger partial charge in [-0.25, -0.2) is 4.98 Å². The quantitative estimate of drug-likeness (QED) is 0.821. The average Bonchev–Trinajstić information content (AvgIpc) is 2.98. The molecule has 0 bridgehead atoms. The number of hydrogen-bond acceptors (Lipinski definition) is 4. The van der Waals surface area contributed by atoms with Crippen LogP contribution in [0.25, 0.3) is 11.0 Å². The highest BCUT2D eigenvalue weighted by atomic mass is 35.5. The molecule has 2 aromatic rings. The van der Waals surface area contributed by atoms with Gasteiger partial charge in [-0.3, -0.25) is 4.79 Å². The van der Waals surface area contributed by atoms with Gasteiger partial charge in [-0.2, -0.15) is 0 Å². The molecule has 1 aliphatic rings. The van der Waals surface area contributed by atoms with E-state index in [4.69, 9.17) is 16.3 Å². The van der Waals surface area contributed by atoms with Gasteiger partial charge in [0, 0.05) is 31.8 Å². The number of fused-ring (bicyclic) bond motifs is 1. The van der Waals surface area contributed by atoms with Crippen LogP contribution >= 0.6 is 11.6 Å². The van der Waals surface area contributed by atoms with Crippen molar-refractivity contribution in [3.05, 3.63) is 23.2 Å². The lowest BCUT2D eigenvalue weighted by molar-refractivity contribution is -0.125. The number of H-pyrrole nitrogens is 1. The van der Waals surface area contributed by atoms with Crippen LogP contribution in [0.2, 0.25) is 5.02 Å². The molecule has 0 saturated carbocycles. The van der Waals surface area contributed by atoms with Crippen LogP contribution in [-0.2, 0) is 9.53 Å². The molecule has 1 saturated heterocycles. The second-order valence-electron chi connectivity index (χ2n) is 5.79. The number of aromatic amines is 1. The Morgan fingerprint density at radius 2 is 2.43 bits per heavy atom. The van der Waals surface area contributed by atoms with E-state index in [1.54, 1.807) is 7.11 Å². The Bertz CT molecular complexity index is 688. The van der Waals surface area contributed by atoms with Crippen molar-refractivity contribution in [1.29, 1.82) is 0 Å². The summed E-state index contributed by atoms with van der Waals surface area (Å²) in [5, 5.41) is 3.60. The molecule has 1 fully saturated rings. The summed E-state index contributed by atoms with van der Waals surface area (Å²) >= 11 is 6.01. The smallest absolute Gasteiger partial charge is 0.224 e. The first kappa shape index (κ1) is 16.1. The van der Waals surface area contributed by atoms with Gasteiger partial charge in [0.1, 0.15) is 0 Å². The molecule has 1 aliphatic heterocycles. The summed E-state index contributed by atoms with van der Waals surface area (Å²) < 4.78 is 4.96. The molecule has 1 amide bonds. The number of halogens is 1. The van der Waals surface area contributed by atoms with Crippen molar-refractivity contribution in [1.82, 2.24) is 15.3 Å². The molecule has 2 heterocycles.